The second kappa shape index (κ2) is 6.25. The zero-order valence-corrected chi connectivity index (χ0v) is 13.8. The normalized spacial score (nSPS) is 10.6. The van der Waals surface area contributed by atoms with Crippen LogP contribution in [-0.2, 0) is 0 Å². The predicted octanol–water partition coefficient (Wildman–Crippen LogP) is 2.77. The summed E-state index contributed by atoms with van der Waals surface area (Å²) in [4.78, 5) is 24.8. The van der Waals surface area contributed by atoms with E-state index in [4.69, 9.17) is 10.2 Å². The van der Waals surface area contributed by atoms with E-state index in [0.717, 1.165) is 4.88 Å². The Morgan fingerprint density at radius 3 is 2.67 bits per heavy atom. The first kappa shape index (κ1) is 15.9. The average molecular weight is 342 g/mol. The molecule has 2 heterocycles. The van der Waals surface area contributed by atoms with Crippen LogP contribution in [0, 0.1) is 13.8 Å². The molecule has 3 aromatic rings. The van der Waals surface area contributed by atoms with Crippen molar-refractivity contribution in [1.82, 2.24) is 10.2 Å². The molecule has 24 heavy (non-hydrogen) atoms. The second-order valence-electron chi connectivity index (χ2n) is 5.13. The minimum absolute atomic E-state index is 0.300. The summed E-state index contributed by atoms with van der Waals surface area (Å²) in [6, 6.07) is 8.45. The molecule has 1 aromatic carbocycles. The molecular weight excluding hydrogens is 328 g/mol. The molecule has 0 atom stereocenters. The third-order valence-electron chi connectivity index (χ3n) is 3.25. The molecule has 2 amide bonds. The van der Waals surface area contributed by atoms with Gasteiger partial charge in [0.05, 0.1) is 5.56 Å². The van der Waals surface area contributed by atoms with Crippen LogP contribution in [-0.4, -0.2) is 22.0 Å². The van der Waals surface area contributed by atoms with E-state index in [-0.39, 0.29) is 5.91 Å². The van der Waals surface area contributed by atoms with Crippen LogP contribution in [0.15, 0.2) is 34.7 Å². The van der Waals surface area contributed by atoms with Crippen molar-refractivity contribution in [3.8, 4) is 11.5 Å². The standard InChI is InChI=1S/C16H14N4O3S/c1-8-6-12(13(17)21)16(24-8)18-14(22)10-4-3-5-11(7-10)15-20-19-9(2)23-15/h3-7H,1-2H3,(H2,17,21)(H,18,22). The molecule has 0 aliphatic rings. The van der Waals surface area contributed by atoms with Crippen molar-refractivity contribution in [3.05, 3.63) is 52.2 Å². The number of nitrogens with two attached hydrogens (primary N) is 1. The van der Waals surface area contributed by atoms with Gasteiger partial charge in [0.1, 0.15) is 5.00 Å². The van der Waals surface area contributed by atoms with Gasteiger partial charge in [0.2, 0.25) is 11.8 Å². The summed E-state index contributed by atoms with van der Waals surface area (Å²) in [6.07, 6.45) is 0. The summed E-state index contributed by atoms with van der Waals surface area (Å²) in [6.45, 7) is 3.53. The number of nitrogens with zero attached hydrogens (tertiary/aromatic N) is 2. The highest BCUT2D eigenvalue weighted by molar-refractivity contribution is 7.16. The number of aryl methyl sites for hydroxylation is 2. The van der Waals surface area contributed by atoms with Crippen LogP contribution in [0.3, 0.4) is 0 Å². The highest BCUT2D eigenvalue weighted by Gasteiger charge is 2.16. The first-order valence-corrected chi connectivity index (χ1v) is 7.88. The van der Waals surface area contributed by atoms with E-state index >= 15 is 0 Å². The molecule has 0 aliphatic heterocycles. The van der Waals surface area contributed by atoms with Crippen LogP contribution in [0.4, 0.5) is 5.00 Å². The number of hydrogen-bond donors (Lipinski definition) is 2. The lowest BCUT2D eigenvalue weighted by molar-refractivity contribution is 0.100. The van der Waals surface area contributed by atoms with Crippen molar-refractivity contribution in [1.29, 1.82) is 0 Å². The Morgan fingerprint density at radius 2 is 2.00 bits per heavy atom. The molecule has 3 rings (SSSR count). The number of carbonyl (C=O) groups is 2. The van der Waals surface area contributed by atoms with Gasteiger partial charge in [0, 0.05) is 22.9 Å². The Morgan fingerprint density at radius 1 is 1.21 bits per heavy atom. The quantitative estimate of drug-likeness (QED) is 0.757. The van der Waals surface area contributed by atoms with Gasteiger partial charge in [0.25, 0.3) is 11.8 Å². The van der Waals surface area contributed by atoms with Crippen molar-refractivity contribution >= 4 is 28.2 Å². The number of benzene rings is 1. The van der Waals surface area contributed by atoms with Gasteiger partial charge in [-0.15, -0.1) is 21.5 Å². The maximum Gasteiger partial charge on any atom is 0.256 e. The molecule has 3 N–H and O–H groups in total. The van der Waals surface area contributed by atoms with E-state index in [9.17, 15) is 9.59 Å². The maximum atomic E-state index is 12.5. The molecular formula is C16H14N4O3S. The first-order chi connectivity index (χ1) is 11.4. The number of hydrogen-bond acceptors (Lipinski definition) is 6. The Labute approximate surface area is 141 Å². The molecule has 0 saturated heterocycles. The fourth-order valence-corrected chi connectivity index (χ4v) is 3.08. The summed E-state index contributed by atoms with van der Waals surface area (Å²) in [5.74, 6) is -0.144. The second-order valence-corrected chi connectivity index (χ2v) is 6.38. The molecule has 8 heteroatoms. The average Bonchev–Trinajstić information content (AvgIpc) is 3.13. The number of primary amides is 1. The summed E-state index contributed by atoms with van der Waals surface area (Å²) < 4.78 is 5.36. The lowest BCUT2D eigenvalue weighted by Crippen LogP contribution is -2.16. The third kappa shape index (κ3) is 3.18. The van der Waals surface area contributed by atoms with Crippen molar-refractivity contribution < 1.29 is 14.0 Å². The van der Waals surface area contributed by atoms with Gasteiger partial charge in [-0.25, -0.2) is 0 Å². The van der Waals surface area contributed by atoms with Crippen LogP contribution in [0.25, 0.3) is 11.5 Å². The highest BCUT2D eigenvalue weighted by atomic mass is 32.1. The van der Waals surface area contributed by atoms with Crippen LogP contribution in [0.5, 0.6) is 0 Å². The Kier molecular flexibility index (Phi) is 4.13. The monoisotopic (exact) mass is 342 g/mol. The molecule has 0 saturated carbocycles. The summed E-state index contributed by atoms with van der Waals surface area (Å²) >= 11 is 1.30. The Balaban J connectivity index is 1.87. The number of thiophene rings is 1. The van der Waals surface area contributed by atoms with Crippen molar-refractivity contribution in [2.75, 3.05) is 5.32 Å². The molecule has 0 radical (unpaired) electrons. The molecule has 0 bridgehead atoms. The maximum absolute atomic E-state index is 12.5. The minimum atomic E-state index is -0.579. The molecule has 122 valence electrons. The Bertz CT molecular complexity index is 929. The van der Waals surface area contributed by atoms with E-state index < -0.39 is 5.91 Å². The van der Waals surface area contributed by atoms with E-state index in [1.807, 2.05) is 6.92 Å². The molecule has 0 unspecified atom stereocenters. The van der Waals surface area contributed by atoms with Gasteiger partial charge in [-0.3, -0.25) is 9.59 Å². The minimum Gasteiger partial charge on any atom is -0.421 e. The van der Waals surface area contributed by atoms with Crippen LogP contribution >= 0.6 is 11.3 Å². The van der Waals surface area contributed by atoms with Crippen LogP contribution < -0.4 is 11.1 Å². The molecule has 0 aliphatic carbocycles. The Hall–Kier alpha value is -3.00. The van der Waals surface area contributed by atoms with Crippen LogP contribution in [0.1, 0.15) is 31.5 Å². The largest absolute Gasteiger partial charge is 0.421 e. The van der Waals surface area contributed by atoms with Crippen molar-refractivity contribution in [3.63, 3.8) is 0 Å². The first-order valence-electron chi connectivity index (χ1n) is 7.06. The van der Waals surface area contributed by atoms with Crippen molar-refractivity contribution in [2.45, 2.75) is 13.8 Å². The smallest absolute Gasteiger partial charge is 0.256 e. The third-order valence-corrected chi connectivity index (χ3v) is 4.21. The van der Waals surface area contributed by atoms with E-state index in [2.05, 4.69) is 15.5 Å². The number of amides is 2. The summed E-state index contributed by atoms with van der Waals surface area (Å²) in [5.41, 5.74) is 6.68. The molecule has 0 spiro atoms. The molecule has 2 aromatic heterocycles. The predicted molar refractivity (Wildman–Crippen MR) is 90.0 cm³/mol. The number of anilines is 1. The summed E-state index contributed by atoms with van der Waals surface area (Å²) in [5, 5.41) is 10.9. The van der Waals surface area contributed by atoms with Gasteiger partial charge >= 0.3 is 0 Å². The van der Waals surface area contributed by atoms with Gasteiger partial charge in [-0.2, -0.15) is 0 Å². The number of aromatic nitrogens is 2. The number of carbonyl (C=O) groups excluding carboxylic acids is 2. The fraction of sp³-hybridized carbons (Fsp3) is 0.125. The van der Waals surface area contributed by atoms with Gasteiger partial charge < -0.3 is 15.5 Å². The zero-order chi connectivity index (χ0) is 17.3. The fourth-order valence-electron chi connectivity index (χ4n) is 2.17. The van der Waals surface area contributed by atoms with E-state index in [0.29, 0.717) is 33.5 Å². The lowest BCUT2D eigenvalue weighted by Gasteiger charge is -2.05. The van der Waals surface area contributed by atoms with Gasteiger partial charge in [0.15, 0.2) is 0 Å². The van der Waals surface area contributed by atoms with Gasteiger partial charge in [-0.1, -0.05) is 6.07 Å². The molecule has 7 nitrogen and oxygen atoms in total. The molecule has 0 fully saturated rings. The van der Waals surface area contributed by atoms with E-state index in [1.165, 1.54) is 11.3 Å². The highest BCUT2D eigenvalue weighted by Crippen LogP contribution is 2.28. The van der Waals surface area contributed by atoms with Crippen LogP contribution in [0.2, 0.25) is 0 Å². The van der Waals surface area contributed by atoms with E-state index in [1.54, 1.807) is 37.3 Å². The summed E-state index contributed by atoms with van der Waals surface area (Å²) in [7, 11) is 0. The zero-order valence-electron chi connectivity index (χ0n) is 13.0. The topological polar surface area (TPSA) is 111 Å². The van der Waals surface area contributed by atoms with Gasteiger partial charge in [-0.05, 0) is 31.2 Å². The van der Waals surface area contributed by atoms with Crippen molar-refractivity contribution in [2.24, 2.45) is 5.73 Å². The lowest BCUT2D eigenvalue weighted by atomic mass is 10.1. The number of nitrogens with one attached hydrogen (secondary N) is 1. The SMILES string of the molecule is Cc1nnc(-c2cccc(C(=O)Nc3sc(C)cc3C(N)=O)c2)o1. The number of rotatable bonds is 4.